The Morgan fingerprint density at radius 3 is 2.87 bits per heavy atom. The number of carbonyl (C=O) groups excluding carboxylic acids is 1. The van der Waals surface area contributed by atoms with Gasteiger partial charge < -0.3 is 4.90 Å². The molecule has 4 heterocycles. The van der Waals surface area contributed by atoms with Gasteiger partial charge in [-0.15, -0.1) is 5.10 Å². The van der Waals surface area contributed by atoms with Crippen LogP contribution in [0.4, 0.5) is 0 Å². The third kappa shape index (κ3) is 3.98. The van der Waals surface area contributed by atoms with E-state index in [9.17, 15) is 4.79 Å². The number of hydrogen-bond acceptors (Lipinski definition) is 5. The average molecular weight is 403 g/mol. The van der Waals surface area contributed by atoms with Gasteiger partial charge in [-0.2, -0.15) is 0 Å². The molecule has 154 valence electrons. The molecule has 0 radical (unpaired) electrons. The molecule has 1 aromatic carbocycles. The van der Waals surface area contributed by atoms with E-state index in [1.54, 1.807) is 6.20 Å². The Kier molecular flexibility index (Phi) is 5.27. The van der Waals surface area contributed by atoms with Crippen molar-refractivity contribution in [2.24, 2.45) is 0 Å². The fourth-order valence-corrected chi connectivity index (χ4v) is 4.57. The molecule has 30 heavy (non-hydrogen) atoms. The fraction of sp³-hybridized carbons (Fsp3) is 0.391. The zero-order valence-corrected chi connectivity index (χ0v) is 17.0. The van der Waals surface area contributed by atoms with Crippen molar-refractivity contribution in [3.63, 3.8) is 0 Å². The van der Waals surface area contributed by atoms with Gasteiger partial charge in [0.1, 0.15) is 0 Å². The Labute approximate surface area is 176 Å². The molecule has 1 atom stereocenters. The van der Waals surface area contributed by atoms with E-state index in [-0.39, 0.29) is 5.91 Å². The Balaban J connectivity index is 1.23. The molecule has 0 spiro atoms. The van der Waals surface area contributed by atoms with Crippen molar-refractivity contribution in [3.05, 3.63) is 77.4 Å². The molecule has 0 bridgehead atoms. The van der Waals surface area contributed by atoms with E-state index >= 15 is 0 Å². The summed E-state index contributed by atoms with van der Waals surface area (Å²) in [4.78, 5) is 21.5. The van der Waals surface area contributed by atoms with E-state index in [1.165, 1.54) is 23.1 Å². The van der Waals surface area contributed by atoms with Crippen molar-refractivity contribution in [3.8, 4) is 0 Å². The van der Waals surface area contributed by atoms with Gasteiger partial charge in [0.2, 0.25) is 0 Å². The van der Waals surface area contributed by atoms with Crippen LogP contribution in [-0.4, -0.2) is 54.8 Å². The predicted octanol–water partition coefficient (Wildman–Crippen LogP) is 2.54. The third-order valence-electron chi connectivity index (χ3n) is 6.18. The topological polar surface area (TPSA) is 67.2 Å². The van der Waals surface area contributed by atoms with Gasteiger partial charge in [-0.1, -0.05) is 35.5 Å². The number of carbonyl (C=O) groups is 1. The summed E-state index contributed by atoms with van der Waals surface area (Å²) in [7, 11) is 0. The normalized spacial score (nSPS) is 19.1. The largest absolute Gasteiger partial charge is 0.333 e. The zero-order chi connectivity index (χ0) is 20.3. The van der Waals surface area contributed by atoms with Crippen LogP contribution in [-0.2, 0) is 26.1 Å². The van der Waals surface area contributed by atoms with E-state index in [0.717, 1.165) is 39.0 Å². The van der Waals surface area contributed by atoms with Crippen LogP contribution >= 0.6 is 0 Å². The number of nitrogens with zero attached hydrogens (tertiary/aromatic N) is 6. The first-order valence-corrected chi connectivity index (χ1v) is 10.7. The van der Waals surface area contributed by atoms with Crippen LogP contribution in [0.1, 0.15) is 40.0 Å². The molecule has 0 saturated carbocycles. The Morgan fingerprint density at radius 1 is 1.10 bits per heavy atom. The van der Waals surface area contributed by atoms with E-state index in [1.807, 2.05) is 34.1 Å². The van der Waals surface area contributed by atoms with Gasteiger partial charge in [0.15, 0.2) is 5.69 Å². The number of likely N-dealkylation sites (tertiary alicyclic amines) is 1. The molecule has 1 fully saturated rings. The number of rotatable bonds is 5. The second-order valence-electron chi connectivity index (χ2n) is 8.20. The smallest absolute Gasteiger partial charge is 0.276 e. The lowest BCUT2D eigenvalue weighted by Gasteiger charge is -2.28. The molecule has 0 unspecified atom stereocenters. The van der Waals surface area contributed by atoms with E-state index in [4.69, 9.17) is 0 Å². The van der Waals surface area contributed by atoms with Gasteiger partial charge >= 0.3 is 0 Å². The van der Waals surface area contributed by atoms with Crippen LogP contribution in [0.25, 0.3) is 0 Å². The number of aromatic nitrogens is 4. The first-order valence-electron chi connectivity index (χ1n) is 10.7. The zero-order valence-electron chi connectivity index (χ0n) is 17.0. The number of fused-ring (bicyclic) bond motifs is 1. The van der Waals surface area contributed by atoms with Gasteiger partial charge in [0, 0.05) is 38.1 Å². The van der Waals surface area contributed by atoms with Gasteiger partial charge in [0.05, 0.1) is 12.7 Å². The molecule has 7 nitrogen and oxygen atoms in total. The van der Waals surface area contributed by atoms with Crippen molar-refractivity contribution < 1.29 is 4.79 Å². The summed E-state index contributed by atoms with van der Waals surface area (Å²) in [6.07, 6.45) is 8.74. The van der Waals surface area contributed by atoms with Crippen molar-refractivity contribution in [2.75, 3.05) is 13.1 Å². The maximum Gasteiger partial charge on any atom is 0.276 e. The van der Waals surface area contributed by atoms with Gasteiger partial charge in [0.25, 0.3) is 5.91 Å². The van der Waals surface area contributed by atoms with Crippen LogP contribution in [0.2, 0.25) is 0 Å². The quantitative estimate of drug-likeness (QED) is 0.656. The molecular formula is C23H26N6O. The van der Waals surface area contributed by atoms with E-state index < -0.39 is 0 Å². The van der Waals surface area contributed by atoms with Crippen LogP contribution in [0.5, 0.6) is 0 Å². The highest BCUT2D eigenvalue weighted by Crippen LogP contribution is 2.22. The highest BCUT2D eigenvalue weighted by atomic mass is 16.2. The standard InChI is InChI=1S/C23H26N6O/c30-23(28-12-9-19-6-1-2-7-20(19)15-28)22-17-29(26-25-22)16-21-8-4-11-27(21)14-18-5-3-10-24-13-18/h1-3,5-7,10,13,17,21H,4,8-9,11-12,14-16H2/t21-/m0/s1. The van der Waals surface area contributed by atoms with Crippen molar-refractivity contribution in [1.82, 2.24) is 29.8 Å². The lowest BCUT2D eigenvalue weighted by atomic mass is 10.00. The Bertz CT molecular complexity index is 1020. The first-order chi connectivity index (χ1) is 14.8. The van der Waals surface area contributed by atoms with E-state index in [2.05, 4.69) is 44.5 Å². The van der Waals surface area contributed by atoms with Gasteiger partial charge in [-0.25, -0.2) is 0 Å². The molecular weight excluding hydrogens is 376 g/mol. The summed E-state index contributed by atoms with van der Waals surface area (Å²) < 4.78 is 1.83. The van der Waals surface area contributed by atoms with Gasteiger partial charge in [-0.05, 0) is 48.6 Å². The predicted molar refractivity (Wildman–Crippen MR) is 113 cm³/mol. The number of amides is 1. The molecule has 3 aromatic rings. The SMILES string of the molecule is O=C(c1cn(C[C@@H]2CCCN2Cc2cccnc2)nn1)N1CCc2ccccc2C1. The van der Waals surface area contributed by atoms with Crippen LogP contribution < -0.4 is 0 Å². The molecule has 2 aliphatic heterocycles. The minimum Gasteiger partial charge on any atom is -0.333 e. The molecule has 0 N–H and O–H groups in total. The summed E-state index contributed by atoms with van der Waals surface area (Å²) in [6.45, 7) is 4.09. The number of hydrogen-bond donors (Lipinski definition) is 0. The van der Waals surface area contributed by atoms with E-state index in [0.29, 0.717) is 18.3 Å². The molecule has 2 aliphatic rings. The monoisotopic (exact) mass is 402 g/mol. The number of benzene rings is 1. The first kappa shape index (κ1) is 18.9. The highest BCUT2D eigenvalue weighted by Gasteiger charge is 2.27. The van der Waals surface area contributed by atoms with Crippen molar-refractivity contribution in [2.45, 2.75) is 44.9 Å². The second kappa shape index (κ2) is 8.36. The molecule has 2 aromatic heterocycles. The Hall–Kier alpha value is -3.06. The van der Waals surface area contributed by atoms with Crippen molar-refractivity contribution in [1.29, 1.82) is 0 Å². The van der Waals surface area contributed by atoms with Crippen molar-refractivity contribution >= 4 is 5.91 Å². The average Bonchev–Trinajstić information content (AvgIpc) is 3.44. The highest BCUT2D eigenvalue weighted by molar-refractivity contribution is 5.92. The molecule has 7 heteroatoms. The lowest BCUT2D eigenvalue weighted by Crippen LogP contribution is -2.36. The fourth-order valence-electron chi connectivity index (χ4n) is 4.57. The minimum absolute atomic E-state index is 0.0330. The summed E-state index contributed by atoms with van der Waals surface area (Å²) >= 11 is 0. The summed E-state index contributed by atoms with van der Waals surface area (Å²) in [6, 6.07) is 12.8. The van der Waals surface area contributed by atoms with Crippen LogP contribution in [0, 0.1) is 0 Å². The maximum atomic E-state index is 13.0. The second-order valence-corrected chi connectivity index (χ2v) is 8.20. The Morgan fingerprint density at radius 2 is 2.00 bits per heavy atom. The minimum atomic E-state index is -0.0330. The summed E-state index contributed by atoms with van der Waals surface area (Å²) in [5.41, 5.74) is 4.22. The maximum absolute atomic E-state index is 13.0. The van der Waals surface area contributed by atoms with Crippen LogP contribution in [0.3, 0.4) is 0 Å². The molecule has 1 amide bonds. The summed E-state index contributed by atoms with van der Waals surface area (Å²) in [5, 5.41) is 8.45. The molecule has 1 saturated heterocycles. The third-order valence-corrected chi connectivity index (χ3v) is 6.18. The van der Waals surface area contributed by atoms with Gasteiger partial charge in [-0.3, -0.25) is 19.4 Å². The van der Waals surface area contributed by atoms with Crippen LogP contribution in [0.15, 0.2) is 55.0 Å². The lowest BCUT2D eigenvalue weighted by molar-refractivity contribution is 0.0728. The molecule has 5 rings (SSSR count). The molecule has 0 aliphatic carbocycles. The number of pyridine rings is 1. The summed E-state index contributed by atoms with van der Waals surface area (Å²) in [5.74, 6) is -0.0330.